The number of ether oxygens (including phenoxy) is 1. The van der Waals surface area contributed by atoms with Crippen LogP contribution in [0.25, 0.3) is 0 Å². The average Bonchev–Trinajstić information content (AvgIpc) is 3.30. The van der Waals surface area contributed by atoms with Crippen molar-refractivity contribution < 1.29 is 23.9 Å². The van der Waals surface area contributed by atoms with Crippen LogP contribution in [0.3, 0.4) is 0 Å². The standard InChI is InChI=1S/C23H16Cl2N2O5S/c1-2-32-23(31)16-10-13(11-27-21(29)14-5-3-4-6-15(14)22(27)30)33-20(16)26-19(28)12-7-8-17(24)18(25)9-12/h3-10H,2,11H2,1H3,(H,26,28). The van der Waals surface area contributed by atoms with Crippen molar-refractivity contribution in [2.45, 2.75) is 13.5 Å². The zero-order valence-corrected chi connectivity index (χ0v) is 19.5. The van der Waals surface area contributed by atoms with Crippen LogP contribution in [0, 0.1) is 0 Å². The number of fused-ring (bicyclic) bond motifs is 1. The number of nitrogens with one attached hydrogen (secondary N) is 1. The molecule has 0 radical (unpaired) electrons. The highest BCUT2D eigenvalue weighted by atomic mass is 35.5. The second-order valence-electron chi connectivity index (χ2n) is 7.00. The maximum Gasteiger partial charge on any atom is 0.341 e. The number of thiophene rings is 1. The molecule has 1 aromatic heterocycles. The van der Waals surface area contributed by atoms with Crippen LogP contribution in [0.15, 0.2) is 48.5 Å². The van der Waals surface area contributed by atoms with Gasteiger partial charge in [-0.05, 0) is 43.3 Å². The van der Waals surface area contributed by atoms with Gasteiger partial charge in [0.1, 0.15) is 5.00 Å². The summed E-state index contributed by atoms with van der Waals surface area (Å²) in [5.74, 6) is -1.97. The van der Waals surface area contributed by atoms with E-state index in [0.29, 0.717) is 21.0 Å². The van der Waals surface area contributed by atoms with E-state index in [0.717, 1.165) is 16.2 Å². The van der Waals surface area contributed by atoms with Crippen molar-refractivity contribution in [3.63, 3.8) is 0 Å². The number of nitrogens with zero attached hydrogens (tertiary/aromatic N) is 1. The third-order valence-electron chi connectivity index (χ3n) is 4.88. The van der Waals surface area contributed by atoms with E-state index in [9.17, 15) is 19.2 Å². The Morgan fingerprint density at radius 3 is 2.27 bits per heavy atom. The molecule has 0 saturated heterocycles. The van der Waals surface area contributed by atoms with Crippen molar-refractivity contribution in [2.75, 3.05) is 11.9 Å². The highest BCUT2D eigenvalue weighted by Gasteiger charge is 2.35. The third kappa shape index (κ3) is 4.50. The summed E-state index contributed by atoms with van der Waals surface area (Å²) < 4.78 is 5.10. The number of carbonyl (C=O) groups is 4. The largest absolute Gasteiger partial charge is 0.462 e. The Hall–Kier alpha value is -3.20. The maximum atomic E-state index is 12.7. The molecule has 168 valence electrons. The molecule has 1 aliphatic rings. The molecule has 2 aromatic carbocycles. The van der Waals surface area contributed by atoms with Crippen LogP contribution in [0.1, 0.15) is 53.2 Å². The molecule has 2 heterocycles. The molecule has 1 aliphatic heterocycles. The second kappa shape index (κ2) is 9.35. The predicted molar refractivity (Wildman–Crippen MR) is 125 cm³/mol. The van der Waals surface area contributed by atoms with Gasteiger partial charge in [0, 0.05) is 10.4 Å². The van der Waals surface area contributed by atoms with E-state index in [2.05, 4.69) is 5.32 Å². The Morgan fingerprint density at radius 2 is 1.67 bits per heavy atom. The van der Waals surface area contributed by atoms with Gasteiger partial charge in [-0.2, -0.15) is 0 Å². The van der Waals surface area contributed by atoms with Crippen LogP contribution in [0.5, 0.6) is 0 Å². The quantitative estimate of drug-likeness (QED) is 0.365. The molecule has 0 fully saturated rings. The highest BCUT2D eigenvalue weighted by molar-refractivity contribution is 7.16. The maximum absolute atomic E-state index is 12.7. The summed E-state index contributed by atoms with van der Waals surface area (Å²) in [6.45, 7) is 1.76. The minimum absolute atomic E-state index is 0.0495. The van der Waals surface area contributed by atoms with Crippen molar-refractivity contribution in [1.82, 2.24) is 4.90 Å². The molecule has 4 rings (SSSR count). The van der Waals surface area contributed by atoms with Crippen molar-refractivity contribution in [2.24, 2.45) is 0 Å². The number of anilines is 1. The zero-order valence-electron chi connectivity index (χ0n) is 17.2. The van der Waals surface area contributed by atoms with E-state index in [1.165, 1.54) is 24.3 Å². The van der Waals surface area contributed by atoms with Crippen LogP contribution in [-0.2, 0) is 11.3 Å². The Balaban J connectivity index is 1.61. The van der Waals surface area contributed by atoms with Gasteiger partial charge in [-0.1, -0.05) is 35.3 Å². The SMILES string of the molecule is CCOC(=O)c1cc(CN2C(=O)c3ccccc3C2=O)sc1NC(=O)c1ccc(Cl)c(Cl)c1. The highest BCUT2D eigenvalue weighted by Crippen LogP contribution is 2.33. The Labute approximate surface area is 202 Å². The lowest BCUT2D eigenvalue weighted by molar-refractivity contribution is 0.0527. The number of rotatable bonds is 6. The van der Waals surface area contributed by atoms with E-state index in [1.807, 2.05) is 0 Å². The Kier molecular flexibility index (Phi) is 6.51. The first kappa shape index (κ1) is 23.0. The molecule has 1 N–H and O–H groups in total. The fraction of sp³-hybridized carbons (Fsp3) is 0.130. The number of esters is 1. The zero-order chi connectivity index (χ0) is 23.7. The minimum atomic E-state index is -0.633. The van der Waals surface area contributed by atoms with Crippen LogP contribution in [0.4, 0.5) is 5.00 Å². The summed E-state index contributed by atoms with van der Waals surface area (Å²) in [5.41, 5.74) is 1.03. The fourth-order valence-corrected chi connectivity index (χ4v) is 4.65. The molecule has 3 aromatic rings. The molecule has 33 heavy (non-hydrogen) atoms. The molecular formula is C23H16Cl2N2O5S. The molecule has 3 amide bonds. The van der Waals surface area contributed by atoms with Gasteiger partial charge >= 0.3 is 5.97 Å². The lowest BCUT2D eigenvalue weighted by Crippen LogP contribution is -2.28. The number of imide groups is 1. The smallest absolute Gasteiger partial charge is 0.341 e. The Morgan fingerprint density at radius 1 is 1.00 bits per heavy atom. The molecule has 0 unspecified atom stereocenters. The number of hydrogen-bond donors (Lipinski definition) is 1. The molecule has 0 bridgehead atoms. The van der Waals surface area contributed by atoms with Crippen LogP contribution in [-0.4, -0.2) is 35.2 Å². The van der Waals surface area contributed by atoms with Crippen LogP contribution in [0.2, 0.25) is 10.0 Å². The van der Waals surface area contributed by atoms with Crippen LogP contribution < -0.4 is 5.32 Å². The first-order chi connectivity index (χ1) is 15.8. The van der Waals surface area contributed by atoms with Crippen LogP contribution >= 0.6 is 34.5 Å². The summed E-state index contributed by atoms with van der Waals surface area (Å²) in [5, 5.41) is 3.44. The fourth-order valence-electron chi connectivity index (χ4n) is 3.32. The summed E-state index contributed by atoms with van der Waals surface area (Å²) in [6, 6.07) is 12.5. The molecule has 0 spiro atoms. The topological polar surface area (TPSA) is 92.8 Å². The molecular weight excluding hydrogens is 487 g/mol. The minimum Gasteiger partial charge on any atom is -0.462 e. The number of hydrogen-bond acceptors (Lipinski definition) is 6. The van der Waals surface area contributed by atoms with Crippen molar-refractivity contribution in [3.05, 3.63) is 85.7 Å². The van der Waals surface area contributed by atoms with Gasteiger partial charge in [-0.25, -0.2) is 4.79 Å². The van der Waals surface area contributed by atoms with Gasteiger partial charge in [-0.15, -0.1) is 11.3 Å². The van der Waals surface area contributed by atoms with Crippen molar-refractivity contribution in [3.8, 4) is 0 Å². The summed E-state index contributed by atoms with van der Waals surface area (Å²) in [4.78, 5) is 52.2. The van der Waals surface area contributed by atoms with E-state index in [1.54, 1.807) is 31.2 Å². The number of halogens is 2. The van der Waals surface area contributed by atoms with Gasteiger partial charge in [0.25, 0.3) is 17.7 Å². The van der Waals surface area contributed by atoms with E-state index >= 15 is 0 Å². The normalized spacial score (nSPS) is 12.6. The summed E-state index contributed by atoms with van der Waals surface area (Å²) >= 11 is 13.0. The molecule has 0 atom stereocenters. The second-order valence-corrected chi connectivity index (χ2v) is 8.95. The monoisotopic (exact) mass is 502 g/mol. The summed E-state index contributed by atoms with van der Waals surface area (Å²) in [7, 11) is 0. The van der Waals surface area contributed by atoms with E-state index < -0.39 is 23.7 Å². The lowest BCUT2D eigenvalue weighted by atomic mass is 10.1. The first-order valence-electron chi connectivity index (χ1n) is 9.81. The Bertz CT molecular complexity index is 1270. The van der Waals surface area contributed by atoms with Gasteiger partial charge in [-0.3, -0.25) is 19.3 Å². The van der Waals surface area contributed by atoms with Gasteiger partial charge in [0.15, 0.2) is 0 Å². The predicted octanol–water partition coefficient (Wildman–Crippen LogP) is 5.28. The molecule has 7 nitrogen and oxygen atoms in total. The number of carbonyl (C=O) groups excluding carboxylic acids is 4. The summed E-state index contributed by atoms with van der Waals surface area (Å²) in [6.07, 6.45) is 0. The van der Waals surface area contributed by atoms with Crippen molar-refractivity contribution >= 4 is 63.2 Å². The lowest BCUT2D eigenvalue weighted by Gasteiger charge is -2.12. The third-order valence-corrected chi connectivity index (χ3v) is 6.65. The number of amides is 3. The van der Waals surface area contributed by atoms with Gasteiger partial charge in [0.2, 0.25) is 0 Å². The average molecular weight is 503 g/mol. The molecule has 0 saturated carbocycles. The van der Waals surface area contributed by atoms with Gasteiger partial charge < -0.3 is 10.1 Å². The van der Waals surface area contributed by atoms with E-state index in [-0.39, 0.29) is 34.3 Å². The first-order valence-corrected chi connectivity index (χ1v) is 11.4. The van der Waals surface area contributed by atoms with Crippen molar-refractivity contribution in [1.29, 1.82) is 0 Å². The van der Waals surface area contributed by atoms with Gasteiger partial charge in [0.05, 0.1) is 39.9 Å². The van der Waals surface area contributed by atoms with E-state index in [4.69, 9.17) is 27.9 Å². The molecule has 0 aliphatic carbocycles. The molecule has 10 heteroatoms. The number of benzene rings is 2.